The summed E-state index contributed by atoms with van der Waals surface area (Å²) in [4.78, 5) is 0. The molecule has 1 unspecified atom stereocenters. The Morgan fingerprint density at radius 2 is 1.95 bits per heavy atom. The summed E-state index contributed by atoms with van der Waals surface area (Å²) in [7, 11) is 0. The number of ether oxygens (including phenoxy) is 1. The van der Waals surface area contributed by atoms with E-state index in [1.165, 1.54) is 32.1 Å². The average molecular weight is 293 g/mol. The van der Waals surface area contributed by atoms with E-state index in [0.717, 1.165) is 30.2 Å². The van der Waals surface area contributed by atoms with Crippen molar-refractivity contribution in [1.29, 1.82) is 0 Å². The van der Waals surface area contributed by atoms with Crippen LogP contribution in [0.2, 0.25) is 0 Å². The second-order valence-corrected chi connectivity index (χ2v) is 5.49. The van der Waals surface area contributed by atoms with Gasteiger partial charge in [-0.15, -0.1) is 0 Å². The van der Waals surface area contributed by atoms with Gasteiger partial charge >= 0.3 is 0 Å². The summed E-state index contributed by atoms with van der Waals surface area (Å²) < 4.78 is 5.67. The molecule has 0 aliphatic heterocycles. The van der Waals surface area contributed by atoms with Crippen LogP contribution in [-0.2, 0) is 4.74 Å². The van der Waals surface area contributed by atoms with E-state index in [1.54, 1.807) is 0 Å². The summed E-state index contributed by atoms with van der Waals surface area (Å²) in [5.74, 6) is 0.878. The Labute approximate surface area is 132 Å². The summed E-state index contributed by atoms with van der Waals surface area (Å²) in [5, 5.41) is 0. The smallest absolute Gasteiger partial charge is 0.0650 e. The van der Waals surface area contributed by atoms with Crippen molar-refractivity contribution in [2.24, 2.45) is 11.7 Å². The average Bonchev–Trinajstić information content (AvgIpc) is 2.50. The second kappa shape index (κ2) is 13.9. The summed E-state index contributed by atoms with van der Waals surface area (Å²) >= 11 is 0. The van der Waals surface area contributed by atoms with E-state index in [9.17, 15) is 0 Å². The molecule has 0 fully saturated rings. The fraction of sp³-hybridized carbons (Fsp3) is 0.684. The van der Waals surface area contributed by atoms with E-state index in [1.807, 2.05) is 13.0 Å². The lowest BCUT2D eigenvalue weighted by Gasteiger charge is -2.12. The zero-order chi connectivity index (χ0) is 15.9. The molecule has 0 heterocycles. The number of hydrogen-bond donors (Lipinski definition) is 1. The van der Waals surface area contributed by atoms with Crippen molar-refractivity contribution in [1.82, 2.24) is 0 Å². The van der Waals surface area contributed by atoms with Gasteiger partial charge in [0.25, 0.3) is 0 Å². The van der Waals surface area contributed by atoms with Crippen LogP contribution in [-0.4, -0.2) is 13.2 Å². The third-order valence-electron chi connectivity index (χ3n) is 3.76. The maximum absolute atomic E-state index is 5.94. The number of allylic oxidation sites excluding steroid dienone is 3. The molecule has 0 aliphatic rings. The Morgan fingerprint density at radius 1 is 1.19 bits per heavy atom. The third-order valence-corrected chi connectivity index (χ3v) is 3.76. The minimum atomic E-state index is 0.669. The maximum atomic E-state index is 5.94. The van der Waals surface area contributed by atoms with Crippen molar-refractivity contribution in [2.45, 2.75) is 66.2 Å². The van der Waals surface area contributed by atoms with Crippen LogP contribution in [0, 0.1) is 5.92 Å². The lowest BCUT2D eigenvalue weighted by atomic mass is 9.96. The summed E-state index contributed by atoms with van der Waals surface area (Å²) in [6.07, 6.45) is 15.6. The molecule has 122 valence electrons. The van der Waals surface area contributed by atoms with Gasteiger partial charge in [0.15, 0.2) is 0 Å². The molecule has 0 bridgehead atoms. The van der Waals surface area contributed by atoms with Gasteiger partial charge in [0.2, 0.25) is 0 Å². The molecule has 0 aromatic rings. The van der Waals surface area contributed by atoms with E-state index in [2.05, 4.69) is 39.0 Å². The second-order valence-electron chi connectivity index (χ2n) is 5.49. The predicted molar refractivity (Wildman–Crippen MR) is 94.2 cm³/mol. The van der Waals surface area contributed by atoms with Crippen molar-refractivity contribution < 1.29 is 4.74 Å². The van der Waals surface area contributed by atoms with Crippen molar-refractivity contribution in [3.05, 3.63) is 35.6 Å². The minimum absolute atomic E-state index is 0.669. The Morgan fingerprint density at radius 3 is 2.52 bits per heavy atom. The van der Waals surface area contributed by atoms with Gasteiger partial charge < -0.3 is 10.5 Å². The Kier molecular flexibility index (Phi) is 13.3. The molecule has 0 rings (SSSR count). The van der Waals surface area contributed by atoms with Gasteiger partial charge in [0.05, 0.1) is 6.61 Å². The van der Waals surface area contributed by atoms with Crippen molar-refractivity contribution >= 4 is 0 Å². The van der Waals surface area contributed by atoms with Crippen molar-refractivity contribution in [3.63, 3.8) is 0 Å². The molecule has 0 aromatic carbocycles. The standard InChI is InChI=1S/C19H35NO/c1-5-11-17(7-3)13-9-15-21-16-10-14-18(12-6-2)19(20)8-4/h8,10,12,14,17H,5-7,9,11,13,15-16,20H2,1-4H3/b14-10-,18-12+,19-8+. The molecule has 0 aliphatic carbocycles. The van der Waals surface area contributed by atoms with Gasteiger partial charge in [-0.25, -0.2) is 0 Å². The van der Waals surface area contributed by atoms with Gasteiger partial charge in [0, 0.05) is 12.3 Å². The molecule has 0 aromatic heterocycles. The highest BCUT2D eigenvalue weighted by atomic mass is 16.5. The van der Waals surface area contributed by atoms with Crippen LogP contribution in [0.4, 0.5) is 0 Å². The number of rotatable bonds is 12. The molecule has 0 saturated carbocycles. The lowest BCUT2D eigenvalue weighted by molar-refractivity contribution is 0.152. The SMILES string of the molecule is C\C=C(N)/C(/C=C\COCCCC(CC)CCC)=C/CC. The number of hydrogen-bond acceptors (Lipinski definition) is 2. The van der Waals surface area contributed by atoms with Crippen molar-refractivity contribution in [2.75, 3.05) is 13.2 Å². The van der Waals surface area contributed by atoms with Gasteiger partial charge in [-0.3, -0.25) is 0 Å². The minimum Gasteiger partial charge on any atom is -0.399 e. The lowest BCUT2D eigenvalue weighted by Crippen LogP contribution is -2.02. The van der Waals surface area contributed by atoms with E-state index in [-0.39, 0.29) is 0 Å². The molecule has 2 nitrogen and oxygen atoms in total. The van der Waals surface area contributed by atoms with Crippen molar-refractivity contribution in [3.8, 4) is 0 Å². The van der Waals surface area contributed by atoms with Gasteiger partial charge in [-0.05, 0) is 37.7 Å². The normalized spacial score (nSPS) is 14.9. The Hall–Kier alpha value is -1.02. The Balaban J connectivity index is 3.88. The fourth-order valence-electron chi connectivity index (χ4n) is 2.43. The molecule has 2 N–H and O–H groups in total. The Bertz CT molecular complexity index is 328. The first-order chi connectivity index (χ1) is 10.2. The molecular formula is C19H35NO. The highest BCUT2D eigenvalue weighted by Gasteiger charge is 2.03. The molecule has 0 radical (unpaired) electrons. The molecule has 0 saturated heterocycles. The van der Waals surface area contributed by atoms with Crippen LogP contribution in [0.25, 0.3) is 0 Å². The topological polar surface area (TPSA) is 35.2 Å². The summed E-state index contributed by atoms with van der Waals surface area (Å²) in [6.45, 7) is 10.2. The third kappa shape index (κ3) is 10.4. The predicted octanol–water partition coefficient (Wildman–Crippen LogP) is 5.36. The number of nitrogens with two attached hydrogens (primary N) is 1. The van der Waals surface area contributed by atoms with E-state index in [0.29, 0.717) is 6.61 Å². The van der Waals surface area contributed by atoms with Crippen LogP contribution in [0.5, 0.6) is 0 Å². The summed E-state index contributed by atoms with van der Waals surface area (Å²) in [6, 6.07) is 0. The summed E-state index contributed by atoms with van der Waals surface area (Å²) in [5.41, 5.74) is 7.87. The molecule has 0 spiro atoms. The molecular weight excluding hydrogens is 258 g/mol. The van der Waals surface area contributed by atoms with Gasteiger partial charge in [-0.2, -0.15) is 0 Å². The monoisotopic (exact) mass is 293 g/mol. The van der Waals surface area contributed by atoms with E-state index in [4.69, 9.17) is 10.5 Å². The fourth-order valence-corrected chi connectivity index (χ4v) is 2.43. The molecule has 0 amide bonds. The zero-order valence-electron chi connectivity index (χ0n) is 14.5. The first kappa shape index (κ1) is 20.0. The first-order valence-electron chi connectivity index (χ1n) is 8.56. The quantitative estimate of drug-likeness (QED) is 0.388. The van der Waals surface area contributed by atoms with E-state index >= 15 is 0 Å². The van der Waals surface area contributed by atoms with Crippen LogP contribution >= 0.6 is 0 Å². The molecule has 21 heavy (non-hydrogen) atoms. The van der Waals surface area contributed by atoms with Gasteiger partial charge in [-0.1, -0.05) is 64.3 Å². The highest BCUT2D eigenvalue weighted by Crippen LogP contribution is 2.16. The van der Waals surface area contributed by atoms with Crippen LogP contribution in [0.15, 0.2) is 35.6 Å². The first-order valence-corrected chi connectivity index (χ1v) is 8.56. The highest BCUT2D eigenvalue weighted by molar-refractivity contribution is 5.37. The van der Waals surface area contributed by atoms with Crippen LogP contribution in [0.3, 0.4) is 0 Å². The largest absolute Gasteiger partial charge is 0.399 e. The molecule has 1 atom stereocenters. The van der Waals surface area contributed by atoms with Crippen LogP contribution in [0.1, 0.15) is 66.2 Å². The van der Waals surface area contributed by atoms with Crippen LogP contribution < -0.4 is 5.73 Å². The van der Waals surface area contributed by atoms with Gasteiger partial charge in [0.1, 0.15) is 0 Å². The maximum Gasteiger partial charge on any atom is 0.0650 e. The molecule has 2 heteroatoms. The zero-order valence-corrected chi connectivity index (χ0v) is 14.5. The van der Waals surface area contributed by atoms with E-state index < -0.39 is 0 Å².